The summed E-state index contributed by atoms with van der Waals surface area (Å²) >= 11 is 0. The van der Waals surface area contributed by atoms with E-state index in [2.05, 4.69) is 61.2 Å². The number of hydrogen-bond donors (Lipinski definition) is 1. The minimum absolute atomic E-state index is 0.165. The lowest BCUT2D eigenvalue weighted by Gasteiger charge is -2.19. The lowest BCUT2D eigenvalue weighted by Crippen LogP contribution is -2.10. The van der Waals surface area contributed by atoms with Crippen molar-refractivity contribution >= 4 is 11.6 Å². The van der Waals surface area contributed by atoms with Crippen LogP contribution in [0.25, 0.3) is 16.8 Å². The van der Waals surface area contributed by atoms with Crippen LogP contribution < -0.4 is 5.73 Å². The molecule has 3 rings (SSSR count). The highest BCUT2D eigenvalue weighted by Crippen LogP contribution is 2.28. The van der Waals surface area contributed by atoms with Gasteiger partial charge in [0, 0.05) is 11.3 Å². The van der Waals surface area contributed by atoms with E-state index in [4.69, 9.17) is 5.73 Å². The molecule has 4 nitrogen and oxygen atoms in total. The smallest absolute Gasteiger partial charge is 0.240 e. The molecule has 2 N–H and O–H groups in total. The van der Waals surface area contributed by atoms with Gasteiger partial charge in [-0.05, 0) is 35.6 Å². The highest BCUT2D eigenvalue weighted by Gasteiger charge is 2.14. The Labute approximate surface area is 124 Å². The van der Waals surface area contributed by atoms with Crippen LogP contribution in [0.1, 0.15) is 32.0 Å². The Kier molecular flexibility index (Phi) is 2.97. The Hall–Kier alpha value is -2.36. The van der Waals surface area contributed by atoms with Gasteiger partial charge < -0.3 is 5.73 Å². The molecule has 0 radical (unpaired) electrons. The average molecular weight is 280 g/mol. The van der Waals surface area contributed by atoms with Gasteiger partial charge >= 0.3 is 0 Å². The first-order chi connectivity index (χ1) is 9.86. The van der Waals surface area contributed by atoms with Gasteiger partial charge in [-0.1, -0.05) is 45.0 Å². The van der Waals surface area contributed by atoms with E-state index in [9.17, 15) is 0 Å². The molecule has 0 aliphatic rings. The van der Waals surface area contributed by atoms with Crippen LogP contribution in [0, 0.1) is 6.92 Å². The van der Waals surface area contributed by atoms with Crippen molar-refractivity contribution in [2.24, 2.45) is 0 Å². The van der Waals surface area contributed by atoms with E-state index in [0.29, 0.717) is 5.95 Å². The molecule has 0 atom stereocenters. The summed E-state index contributed by atoms with van der Waals surface area (Å²) in [5.41, 5.74) is 11.3. The molecule has 0 saturated heterocycles. The second kappa shape index (κ2) is 4.58. The Morgan fingerprint density at radius 1 is 1.00 bits per heavy atom. The van der Waals surface area contributed by atoms with Crippen LogP contribution >= 0.6 is 0 Å². The van der Waals surface area contributed by atoms with Crippen LogP contribution in [0.3, 0.4) is 0 Å². The number of benzene rings is 1. The first-order valence-electron chi connectivity index (χ1n) is 7.09. The van der Waals surface area contributed by atoms with Crippen LogP contribution in [0.5, 0.6) is 0 Å². The first-order valence-corrected chi connectivity index (χ1v) is 7.09. The minimum Gasteiger partial charge on any atom is -0.366 e. The summed E-state index contributed by atoms with van der Waals surface area (Å²) in [6.45, 7) is 8.70. The predicted molar refractivity (Wildman–Crippen MR) is 86.3 cm³/mol. The van der Waals surface area contributed by atoms with E-state index >= 15 is 0 Å². The van der Waals surface area contributed by atoms with Crippen molar-refractivity contribution < 1.29 is 0 Å². The molecule has 0 fully saturated rings. The largest absolute Gasteiger partial charge is 0.366 e. The molecule has 0 unspecified atom stereocenters. The summed E-state index contributed by atoms with van der Waals surface area (Å²) in [4.78, 5) is 4.18. The lowest BCUT2D eigenvalue weighted by atomic mass is 9.86. The van der Waals surface area contributed by atoms with Crippen molar-refractivity contribution in [1.82, 2.24) is 14.6 Å². The molecule has 0 spiro atoms. The molecule has 2 aromatic heterocycles. The number of hydrogen-bond acceptors (Lipinski definition) is 3. The maximum atomic E-state index is 5.67. The van der Waals surface area contributed by atoms with Gasteiger partial charge in [0.05, 0.1) is 0 Å². The zero-order valence-corrected chi connectivity index (χ0v) is 12.9. The summed E-state index contributed by atoms with van der Waals surface area (Å²) in [7, 11) is 0. The van der Waals surface area contributed by atoms with E-state index < -0.39 is 0 Å². The molecule has 21 heavy (non-hydrogen) atoms. The van der Waals surface area contributed by atoms with Gasteiger partial charge in [-0.2, -0.15) is 4.98 Å². The molecule has 108 valence electrons. The summed E-state index contributed by atoms with van der Waals surface area (Å²) in [6.07, 6.45) is 0. The number of pyridine rings is 1. The summed E-state index contributed by atoms with van der Waals surface area (Å²) in [6, 6.07) is 12.7. The quantitative estimate of drug-likeness (QED) is 0.741. The number of anilines is 1. The highest BCUT2D eigenvalue weighted by atomic mass is 15.3. The number of rotatable bonds is 1. The van der Waals surface area contributed by atoms with Gasteiger partial charge in [0.1, 0.15) is 0 Å². The maximum Gasteiger partial charge on any atom is 0.240 e. The van der Waals surface area contributed by atoms with E-state index in [1.165, 1.54) is 11.1 Å². The third kappa shape index (κ3) is 2.37. The fourth-order valence-corrected chi connectivity index (χ4v) is 2.54. The van der Waals surface area contributed by atoms with E-state index in [0.717, 1.165) is 16.9 Å². The Morgan fingerprint density at radius 3 is 2.29 bits per heavy atom. The Balaban J connectivity index is 2.10. The maximum absolute atomic E-state index is 5.67. The molecule has 1 aromatic carbocycles. The zero-order valence-electron chi connectivity index (χ0n) is 12.9. The zero-order chi connectivity index (χ0) is 15.2. The topological polar surface area (TPSA) is 56.2 Å². The molecule has 0 amide bonds. The van der Waals surface area contributed by atoms with Crippen molar-refractivity contribution in [3.63, 3.8) is 0 Å². The van der Waals surface area contributed by atoms with Crippen molar-refractivity contribution in [2.75, 3.05) is 5.73 Å². The first kappa shape index (κ1) is 13.6. The number of fused-ring (bicyclic) bond motifs is 1. The van der Waals surface area contributed by atoms with Crippen molar-refractivity contribution in [3.8, 4) is 11.1 Å². The van der Waals surface area contributed by atoms with E-state index in [1.807, 2.05) is 13.0 Å². The molecular formula is C17H20N4. The third-order valence-corrected chi connectivity index (χ3v) is 3.82. The Bertz CT molecular complexity index is 792. The van der Waals surface area contributed by atoms with Gasteiger partial charge in [-0.3, -0.25) is 0 Å². The molecule has 0 bridgehead atoms. The molecular weight excluding hydrogens is 260 g/mol. The van der Waals surface area contributed by atoms with Gasteiger partial charge in [0.25, 0.3) is 0 Å². The summed E-state index contributed by atoms with van der Waals surface area (Å²) in [5, 5.41) is 4.24. The molecule has 4 heteroatoms. The van der Waals surface area contributed by atoms with Crippen LogP contribution in [-0.2, 0) is 5.41 Å². The standard InChI is InChI=1S/C17H20N4/c1-11-14(9-10-15-19-16(18)20-21(11)15)12-5-7-13(8-6-12)17(2,3)4/h5-10H,1-4H3,(H2,18,20). The van der Waals surface area contributed by atoms with Crippen LogP contribution in [0.15, 0.2) is 36.4 Å². The summed E-state index contributed by atoms with van der Waals surface area (Å²) < 4.78 is 1.79. The molecule has 2 heterocycles. The normalized spacial score (nSPS) is 12.0. The molecule has 3 aromatic rings. The number of nitrogen functional groups attached to an aromatic ring is 1. The lowest BCUT2D eigenvalue weighted by molar-refractivity contribution is 0.590. The molecule has 0 aliphatic carbocycles. The Morgan fingerprint density at radius 2 is 1.67 bits per heavy atom. The average Bonchev–Trinajstić information content (AvgIpc) is 2.80. The van der Waals surface area contributed by atoms with Crippen molar-refractivity contribution in [1.29, 1.82) is 0 Å². The number of nitrogens with zero attached hydrogens (tertiary/aromatic N) is 3. The minimum atomic E-state index is 0.165. The highest BCUT2D eigenvalue weighted by molar-refractivity contribution is 5.68. The van der Waals surface area contributed by atoms with Crippen molar-refractivity contribution in [2.45, 2.75) is 33.1 Å². The van der Waals surface area contributed by atoms with Gasteiger partial charge in [0.15, 0.2) is 5.65 Å². The van der Waals surface area contributed by atoms with Gasteiger partial charge in [0.2, 0.25) is 5.95 Å². The second-order valence-electron chi connectivity index (χ2n) is 6.40. The molecule has 0 aliphatic heterocycles. The van der Waals surface area contributed by atoms with Crippen LogP contribution in [0.4, 0.5) is 5.95 Å². The van der Waals surface area contributed by atoms with Crippen LogP contribution in [0.2, 0.25) is 0 Å². The second-order valence-corrected chi connectivity index (χ2v) is 6.40. The number of aryl methyl sites for hydroxylation is 1. The van der Waals surface area contributed by atoms with Crippen molar-refractivity contribution in [3.05, 3.63) is 47.7 Å². The SMILES string of the molecule is Cc1c(-c2ccc(C(C)(C)C)cc2)ccc2nc(N)nn12. The number of nitrogens with two attached hydrogens (primary N) is 1. The fraction of sp³-hybridized carbons (Fsp3) is 0.294. The van der Waals surface area contributed by atoms with E-state index in [1.54, 1.807) is 4.52 Å². The number of aromatic nitrogens is 3. The monoisotopic (exact) mass is 280 g/mol. The van der Waals surface area contributed by atoms with Gasteiger partial charge in [-0.15, -0.1) is 5.10 Å². The molecule has 0 saturated carbocycles. The van der Waals surface area contributed by atoms with Gasteiger partial charge in [-0.25, -0.2) is 4.52 Å². The predicted octanol–water partition coefficient (Wildman–Crippen LogP) is 3.58. The van der Waals surface area contributed by atoms with Crippen LogP contribution in [-0.4, -0.2) is 14.6 Å². The third-order valence-electron chi connectivity index (χ3n) is 3.82. The summed E-state index contributed by atoms with van der Waals surface area (Å²) in [5.74, 6) is 0.304. The van der Waals surface area contributed by atoms with E-state index in [-0.39, 0.29) is 5.41 Å². The fourth-order valence-electron chi connectivity index (χ4n) is 2.54.